The molecule has 4 heterocycles. The third-order valence-corrected chi connectivity index (χ3v) is 14.2. The molecule has 4 aliphatic carbocycles. The lowest BCUT2D eigenvalue weighted by atomic mass is 9.69. The van der Waals surface area contributed by atoms with Crippen LogP contribution in [0.5, 0.6) is 0 Å². The van der Waals surface area contributed by atoms with Gasteiger partial charge in [0.15, 0.2) is 0 Å². The molecular weight excluding hydrogens is 691 g/mol. The van der Waals surface area contributed by atoms with Gasteiger partial charge in [0.1, 0.15) is 0 Å². The molecule has 11 aromatic rings. The van der Waals surface area contributed by atoms with Crippen molar-refractivity contribution in [3.8, 4) is 44.8 Å². The summed E-state index contributed by atoms with van der Waals surface area (Å²) in [6.45, 7) is 0. The van der Waals surface area contributed by atoms with Crippen LogP contribution in [-0.4, -0.2) is 14.4 Å². The van der Waals surface area contributed by atoms with E-state index < -0.39 is 10.8 Å². The Bertz CT molecular complexity index is 3300. The molecule has 0 bridgehead atoms. The lowest BCUT2D eigenvalue weighted by Gasteiger charge is -2.31. The number of pyridine rings is 2. The molecule has 0 aliphatic heterocycles. The summed E-state index contributed by atoms with van der Waals surface area (Å²) in [6, 6.07) is 61.2. The number of rotatable bonds is 0. The van der Waals surface area contributed by atoms with Crippen molar-refractivity contribution < 1.29 is 0 Å². The first-order chi connectivity index (χ1) is 28.3. The van der Waals surface area contributed by atoms with Crippen molar-refractivity contribution in [1.29, 1.82) is 0 Å². The van der Waals surface area contributed by atoms with E-state index in [4.69, 9.17) is 9.97 Å². The molecule has 7 aromatic carbocycles. The minimum Gasteiger partial charge on any atom is -0.305 e. The smallest absolute Gasteiger partial charge is 0.0761 e. The molecule has 4 aliphatic rings. The summed E-state index contributed by atoms with van der Waals surface area (Å²) in [5.41, 5.74) is 22.8. The molecule has 3 nitrogen and oxygen atoms in total. The quantitative estimate of drug-likeness (QED) is 0.156. The van der Waals surface area contributed by atoms with E-state index in [2.05, 4.69) is 181 Å². The molecule has 0 atom stereocenters. The molecule has 0 saturated carbocycles. The van der Waals surface area contributed by atoms with Gasteiger partial charge in [-0.05, 0) is 55.6 Å². The number of hydrogen-bond donors (Lipinski definition) is 0. The summed E-state index contributed by atoms with van der Waals surface area (Å²) in [7, 11) is 0. The van der Waals surface area contributed by atoms with Gasteiger partial charge in [0.25, 0.3) is 0 Å². The van der Waals surface area contributed by atoms with Crippen LogP contribution in [0.25, 0.3) is 82.9 Å². The first kappa shape index (κ1) is 29.0. The van der Waals surface area contributed by atoms with E-state index in [0.717, 1.165) is 22.4 Å². The second-order valence-electron chi connectivity index (χ2n) is 16.3. The molecule has 260 valence electrons. The highest BCUT2D eigenvalue weighted by atomic mass is 15.0. The molecule has 0 amide bonds. The number of fused-ring (bicyclic) bond motifs is 28. The zero-order chi connectivity index (χ0) is 36.8. The van der Waals surface area contributed by atoms with Crippen LogP contribution in [0.3, 0.4) is 0 Å². The average Bonchev–Trinajstić information content (AvgIpc) is 4.09. The van der Waals surface area contributed by atoms with Gasteiger partial charge >= 0.3 is 0 Å². The van der Waals surface area contributed by atoms with Crippen molar-refractivity contribution in [2.24, 2.45) is 0 Å². The molecule has 2 spiro atoms. The van der Waals surface area contributed by atoms with Crippen molar-refractivity contribution in [3.05, 3.63) is 221 Å². The molecule has 0 radical (unpaired) electrons. The van der Waals surface area contributed by atoms with Crippen LogP contribution >= 0.6 is 0 Å². The number of nitrogens with zero attached hydrogens (tertiary/aromatic N) is 3. The minimum atomic E-state index is -0.498. The van der Waals surface area contributed by atoms with Gasteiger partial charge in [-0.25, -0.2) is 0 Å². The largest absolute Gasteiger partial charge is 0.305 e. The Morgan fingerprint density at radius 3 is 1.02 bits per heavy atom. The molecule has 3 heteroatoms. The van der Waals surface area contributed by atoms with Crippen LogP contribution in [-0.2, 0) is 10.8 Å². The molecule has 4 aromatic heterocycles. The highest BCUT2D eigenvalue weighted by molar-refractivity contribution is 6.27. The average molecular weight is 720 g/mol. The molecule has 0 fully saturated rings. The van der Waals surface area contributed by atoms with E-state index in [1.807, 2.05) is 0 Å². The lowest BCUT2D eigenvalue weighted by molar-refractivity contribution is 0.799. The van der Waals surface area contributed by atoms with E-state index in [9.17, 15) is 0 Å². The van der Waals surface area contributed by atoms with Crippen LogP contribution in [0.2, 0.25) is 0 Å². The van der Waals surface area contributed by atoms with E-state index in [-0.39, 0.29) is 0 Å². The number of benzene rings is 7. The van der Waals surface area contributed by atoms with Gasteiger partial charge < -0.3 is 4.40 Å². The SMILES string of the molecule is c1ccc2c(c1)-c1ccccc1C21c2ccccc2-c2ncc3c(c21)c1cccc2c4c5c(ncc4n3c12)-c1ccccc1C51c2ccccc2-c2ccccc21. The van der Waals surface area contributed by atoms with Crippen molar-refractivity contribution in [2.75, 3.05) is 0 Å². The fourth-order valence-corrected chi connectivity index (χ4v) is 12.5. The Morgan fingerprint density at radius 2 is 0.649 bits per heavy atom. The predicted octanol–water partition coefficient (Wildman–Crippen LogP) is 12.3. The molecule has 57 heavy (non-hydrogen) atoms. The third-order valence-electron chi connectivity index (χ3n) is 14.2. The van der Waals surface area contributed by atoms with Gasteiger partial charge in [-0.1, -0.05) is 164 Å². The summed E-state index contributed by atoms with van der Waals surface area (Å²) < 4.78 is 2.50. The maximum absolute atomic E-state index is 5.49. The zero-order valence-corrected chi connectivity index (χ0v) is 30.6. The Balaban J connectivity index is 1.14. The van der Waals surface area contributed by atoms with Gasteiger partial charge in [0.2, 0.25) is 0 Å². The van der Waals surface area contributed by atoms with Gasteiger partial charge in [-0.3, -0.25) is 9.97 Å². The van der Waals surface area contributed by atoms with Crippen LogP contribution in [0.1, 0.15) is 44.5 Å². The van der Waals surface area contributed by atoms with Crippen LogP contribution < -0.4 is 0 Å². The fourth-order valence-electron chi connectivity index (χ4n) is 12.5. The van der Waals surface area contributed by atoms with E-state index >= 15 is 0 Å². The van der Waals surface area contributed by atoms with E-state index in [1.54, 1.807) is 0 Å². The highest BCUT2D eigenvalue weighted by Gasteiger charge is 2.55. The predicted molar refractivity (Wildman–Crippen MR) is 229 cm³/mol. The fraction of sp³-hybridized carbons (Fsp3) is 0.0370. The number of hydrogen-bond acceptors (Lipinski definition) is 2. The Kier molecular flexibility index (Phi) is 4.85. The van der Waals surface area contributed by atoms with Crippen molar-refractivity contribution in [2.45, 2.75) is 10.8 Å². The van der Waals surface area contributed by atoms with Gasteiger partial charge in [0.05, 0.1) is 51.2 Å². The van der Waals surface area contributed by atoms with Gasteiger partial charge in [0, 0.05) is 43.8 Å². The summed E-state index contributed by atoms with van der Waals surface area (Å²) in [6.07, 6.45) is 4.29. The van der Waals surface area contributed by atoms with Crippen molar-refractivity contribution >= 4 is 38.1 Å². The van der Waals surface area contributed by atoms with Gasteiger partial charge in [-0.15, -0.1) is 0 Å². The highest BCUT2D eigenvalue weighted by Crippen LogP contribution is 2.66. The second-order valence-corrected chi connectivity index (χ2v) is 16.3. The molecule has 15 rings (SSSR count). The summed E-state index contributed by atoms with van der Waals surface area (Å²) >= 11 is 0. The minimum absolute atomic E-state index is 0.498. The Hall–Kier alpha value is -7.36. The summed E-state index contributed by atoms with van der Waals surface area (Å²) in [5.74, 6) is 0. The molecular formula is C54H29N3. The zero-order valence-electron chi connectivity index (χ0n) is 30.6. The summed E-state index contributed by atoms with van der Waals surface area (Å²) in [5, 5.41) is 5.08. The first-order valence-corrected chi connectivity index (χ1v) is 19.9. The van der Waals surface area contributed by atoms with E-state index in [0.29, 0.717) is 0 Å². The second kappa shape index (κ2) is 9.53. The standard InChI is InChI=1S/C54H29N3/c1-7-22-38-30(14-1)31-15-2-8-23-39(31)53(38)42-26-11-5-18-34(42)50-48(53)46-36-20-13-21-37-47-45(57(52(36)37)44(46)28-55-50)29-56-51-35-19-6-12-27-43(35)54(49(47)51)40-24-9-3-16-32(40)33-17-4-10-25-41(33)54/h1-29H. The summed E-state index contributed by atoms with van der Waals surface area (Å²) in [4.78, 5) is 11.0. The first-order valence-electron chi connectivity index (χ1n) is 19.9. The lowest BCUT2D eigenvalue weighted by Crippen LogP contribution is -2.26. The Morgan fingerprint density at radius 1 is 0.333 bits per heavy atom. The van der Waals surface area contributed by atoms with E-state index in [1.165, 1.54) is 105 Å². The van der Waals surface area contributed by atoms with Crippen LogP contribution in [0.4, 0.5) is 0 Å². The number of aromatic nitrogens is 3. The molecule has 0 saturated heterocycles. The Labute approximate surface area is 327 Å². The van der Waals surface area contributed by atoms with Gasteiger partial charge in [-0.2, -0.15) is 0 Å². The molecule has 0 unspecified atom stereocenters. The maximum Gasteiger partial charge on any atom is 0.0761 e. The monoisotopic (exact) mass is 719 g/mol. The molecule has 0 N–H and O–H groups in total. The number of para-hydroxylation sites is 1. The van der Waals surface area contributed by atoms with Crippen molar-refractivity contribution in [1.82, 2.24) is 14.4 Å². The normalized spacial score (nSPS) is 15.3. The van der Waals surface area contributed by atoms with Crippen molar-refractivity contribution in [3.63, 3.8) is 0 Å². The topological polar surface area (TPSA) is 30.2 Å². The maximum atomic E-state index is 5.49. The van der Waals surface area contributed by atoms with Crippen LogP contribution in [0.15, 0.2) is 176 Å². The van der Waals surface area contributed by atoms with Crippen LogP contribution in [0, 0.1) is 0 Å². The third kappa shape index (κ3) is 2.91.